The summed E-state index contributed by atoms with van der Waals surface area (Å²) in [6.07, 6.45) is 5.60. The minimum Gasteiger partial charge on any atom is -0.437 e. The van der Waals surface area contributed by atoms with Crippen molar-refractivity contribution in [3.63, 3.8) is 0 Å². The highest BCUT2D eigenvalue weighted by Crippen LogP contribution is 2.22. The molecule has 2 aromatic carbocycles. The van der Waals surface area contributed by atoms with Crippen molar-refractivity contribution in [2.75, 3.05) is 0 Å². The molecule has 2 aromatic heterocycles. The highest BCUT2D eigenvalue weighted by molar-refractivity contribution is 6.31. The summed E-state index contributed by atoms with van der Waals surface area (Å²) in [5.74, 6) is 0.546. The summed E-state index contributed by atoms with van der Waals surface area (Å²) in [6.45, 7) is 0. The average molecular weight is 307 g/mol. The molecule has 0 atom stereocenters. The first-order chi connectivity index (χ1) is 10.8. The molecule has 0 aliphatic carbocycles. The van der Waals surface area contributed by atoms with Crippen LogP contribution in [0.3, 0.4) is 0 Å². The molecule has 0 bridgehead atoms. The van der Waals surface area contributed by atoms with Crippen molar-refractivity contribution in [3.8, 4) is 0 Å². The molecule has 0 spiro atoms. The van der Waals surface area contributed by atoms with Crippen molar-refractivity contribution in [1.82, 2.24) is 9.97 Å². The van der Waals surface area contributed by atoms with Gasteiger partial charge in [0.2, 0.25) is 5.89 Å². The number of fused-ring (bicyclic) bond motifs is 2. The van der Waals surface area contributed by atoms with Crippen molar-refractivity contribution in [1.29, 1.82) is 0 Å². The number of hydrogen-bond donors (Lipinski definition) is 0. The van der Waals surface area contributed by atoms with E-state index < -0.39 is 0 Å². The summed E-state index contributed by atoms with van der Waals surface area (Å²) in [5.41, 5.74) is 3.46. The van der Waals surface area contributed by atoms with Gasteiger partial charge in [0.1, 0.15) is 5.52 Å². The maximum absolute atomic E-state index is 5.96. The Morgan fingerprint density at radius 2 is 1.91 bits per heavy atom. The number of benzene rings is 2. The molecule has 4 aromatic rings. The minimum atomic E-state index is 0.546. The molecule has 2 heterocycles. The summed E-state index contributed by atoms with van der Waals surface area (Å²) < 4.78 is 5.68. The fourth-order valence-electron chi connectivity index (χ4n) is 2.41. The van der Waals surface area contributed by atoms with Crippen LogP contribution in [0.4, 0.5) is 0 Å². The van der Waals surface area contributed by atoms with E-state index in [2.05, 4.69) is 9.97 Å². The molecule has 0 amide bonds. The van der Waals surface area contributed by atoms with Crippen LogP contribution in [-0.4, -0.2) is 9.97 Å². The lowest BCUT2D eigenvalue weighted by Gasteiger charge is -1.99. The largest absolute Gasteiger partial charge is 0.437 e. The number of oxazole rings is 1. The highest BCUT2D eigenvalue weighted by atomic mass is 35.5. The molecule has 22 heavy (non-hydrogen) atoms. The van der Waals surface area contributed by atoms with Crippen LogP contribution in [0.2, 0.25) is 5.02 Å². The van der Waals surface area contributed by atoms with Crippen molar-refractivity contribution in [2.45, 2.75) is 0 Å². The SMILES string of the molecule is Clc1ccc2oc(C=Cc3cccc4cccnc34)nc2c1. The van der Waals surface area contributed by atoms with Gasteiger partial charge in [-0.1, -0.05) is 35.9 Å². The van der Waals surface area contributed by atoms with Crippen molar-refractivity contribution >= 4 is 45.8 Å². The van der Waals surface area contributed by atoms with Gasteiger partial charge in [0.05, 0.1) is 5.52 Å². The van der Waals surface area contributed by atoms with Crippen LogP contribution in [0.5, 0.6) is 0 Å². The molecule has 4 rings (SSSR count). The molecule has 0 fully saturated rings. The van der Waals surface area contributed by atoms with E-state index in [1.54, 1.807) is 18.3 Å². The maximum Gasteiger partial charge on any atom is 0.220 e. The molecule has 4 heteroatoms. The second-order valence-electron chi connectivity index (χ2n) is 4.92. The third kappa shape index (κ3) is 2.36. The molecule has 0 N–H and O–H groups in total. The van der Waals surface area contributed by atoms with Crippen molar-refractivity contribution in [2.24, 2.45) is 0 Å². The summed E-state index contributed by atoms with van der Waals surface area (Å²) in [5, 5.41) is 1.75. The first kappa shape index (κ1) is 13.0. The summed E-state index contributed by atoms with van der Waals surface area (Å²) in [7, 11) is 0. The van der Waals surface area contributed by atoms with Gasteiger partial charge >= 0.3 is 0 Å². The van der Waals surface area contributed by atoms with Crippen LogP contribution >= 0.6 is 11.6 Å². The molecule has 0 unspecified atom stereocenters. The van der Waals surface area contributed by atoms with Gasteiger partial charge in [0.25, 0.3) is 0 Å². The number of hydrogen-bond acceptors (Lipinski definition) is 3. The van der Waals surface area contributed by atoms with Gasteiger partial charge in [-0.2, -0.15) is 0 Å². The van der Waals surface area contributed by atoms with Crippen molar-refractivity contribution in [3.05, 3.63) is 71.2 Å². The third-order valence-electron chi connectivity index (χ3n) is 3.44. The van der Waals surface area contributed by atoms with E-state index in [1.807, 2.05) is 48.6 Å². The van der Waals surface area contributed by atoms with Gasteiger partial charge in [-0.15, -0.1) is 0 Å². The molecule has 3 nitrogen and oxygen atoms in total. The van der Waals surface area contributed by atoms with E-state index in [9.17, 15) is 0 Å². The normalized spacial score (nSPS) is 11.7. The molecule has 0 aliphatic heterocycles. The van der Waals surface area contributed by atoms with Gasteiger partial charge in [-0.3, -0.25) is 4.98 Å². The number of para-hydroxylation sites is 1. The lowest BCUT2D eigenvalue weighted by atomic mass is 10.1. The second-order valence-corrected chi connectivity index (χ2v) is 5.36. The van der Waals surface area contributed by atoms with E-state index >= 15 is 0 Å². The fraction of sp³-hybridized carbons (Fsp3) is 0. The molecular weight excluding hydrogens is 296 g/mol. The number of rotatable bonds is 2. The Bertz CT molecular complexity index is 999. The van der Waals surface area contributed by atoms with Crippen LogP contribution in [0.15, 0.2) is 59.1 Å². The first-order valence-corrected chi connectivity index (χ1v) is 7.25. The Morgan fingerprint density at radius 1 is 1.00 bits per heavy atom. The summed E-state index contributed by atoms with van der Waals surface area (Å²) >= 11 is 5.96. The second kappa shape index (κ2) is 5.28. The molecule has 0 radical (unpaired) electrons. The predicted octanol–water partition coefficient (Wildman–Crippen LogP) is 5.20. The zero-order chi connectivity index (χ0) is 14.9. The Morgan fingerprint density at radius 3 is 2.86 bits per heavy atom. The van der Waals surface area contributed by atoms with Gasteiger partial charge in [0.15, 0.2) is 5.58 Å². The molecule has 0 saturated heterocycles. The predicted molar refractivity (Wildman–Crippen MR) is 89.7 cm³/mol. The van der Waals surface area contributed by atoms with Crippen LogP contribution in [0, 0.1) is 0 Å². The number of pyridine rings is 1. The van der Waals surface area contributed by atoms with E-state index in [-0.39, 0.29) is 0 Å². The Hall–Kier alpha value is -2.65. The number of nitrogens with zero attached hydrogens (tertiary/aromatic N) is 2. The van der Waals surface area contributed by atoms with Crippen LogP contribution in [0.1, 0.15) is 11.5 Å². The topological polar surface area (TPSA) is 38.9 Å². The molecule has 106 valence electrons. The fourth-order valence-corrected chi connectivity index (χ4v) is 2.58. The van der Waals surface area contributed by atoms with Crippen LogP contribution < -0.4 is 0 Å². The summed E-state index contributed by atoms with van der Waals surface area (Å²) in [4.78, 5) is 8.84. The monoisotopic (exact) mass is 306 g/mol. The maximum atomic E-state index is 5.96. The Labute approximate surface area is 131 Å². The standard InChI is InChI=1S/C18H11ClN2O/c19-14-7-8-16-15(11-14)21-17(22-16)9-6-13-4-1-3-12-5-2-10-20-18(12)13/h1-11H. The van der Waals surface area contributed by atoms with Gasteiger partial charge in [-0.05, 0) is 30.3 Å². The number of aromatic nitrogens is 2. The smallest absolute Gasteiger partial charge is 0.220 e. The Balaban J connectivity index is 1.75. The minimum absolute atomic E-state index is 0.546. The molecule has 0 saturated carbocycles. The van der Waals surface area contributed by atoms with Crippen LogP contribution in [0.25, 0.3) is 34.2 Å². The van der Waals surface area contributed by atoms with Gasteiger partial charge in [0, 0.05) is 28.2 Å². The lowest BCUT2D eigenvalue weighted by Crippen LogP contribution is -1.81. The number of halogens is 1. The van der Waals surface area contributed by atoms with E-state index in [1.165, 1.54) is 0 Å². The van der Waals surface area contributed by atoms with Gasteiger partial charge < -0.3 is 4.42 Å². The van der Waals surface area contributed by atoms with E-state index in [0.717, 1.165) is 27.6 Å². The van der Waals surface area contributed by atoms with E-state index in [4.69, 9.17) is 16.0 Å². The summed E-state index contributed by atoms with van der Waals surface area (Å²) in [6, 6.07) is 15.4. The van der Waals surface area contributed by atoms with E-state index in [0.29, 0.717) is 10.9 Å². The quantitative estimate of drug-likeness (QED) is 0.511. The van der Waals surface area contributed by atoms with Crippen LogP contribution in [-0.2, 0) is 0 Å². The van der Waals surface area contributed by atoms with Gasteiger partial charge in [-0.25, -0.2) is 4.98 Å². The highest BCUT2D eigenvalue weighted by Gasteiger charge is 2.04. The first-order valence-electron chi connectivity index (χ1n) is 6.87. The average Bonchev–Trinajstić information content (AvgIpc) is 2.95. The third-order valence-corrected chi connectivity index (χ3v) is 3.67. The Kier molecular flexibility index (Phi) is 3.13. The molecule has 0 aliphatic rings. The zero-order valence-corrected chi connectivity index (χ0v) is 12.3. The lowest BCUT2D eigenvalue weighted by molar-refractivity contribution is 0.590. The zero-order valence-electron chi connectivity index (χ0n) is 11.5. The van der Waals surface area contributed by atoms with Crippen molar-refractivity contribution < 1.29 is 4.42 Å². The molecular formula is C18H11ClN2O.